The van der Waals surface area contributed by atoms with Crippen molar-refractivity contribution in [1.82, 2.24) is 0 Å². The number of carbonyl (C=O) groups is 2. The molecule has 3 aromatic rings. The van der Waals surface area contributed by atoms with Crippen LogP contribution in [0.1, 0.15) is 41.3 Å². The molecule has 1 amide bonds. The van der Waals surface area contributed by atoms with E-state index in [4.69, 9.17) is 4.74 Å². The number of amides is 1. The maximum absolute atomic E-state index is 13.1. The first kappa shape index (κ1) is 25.0. The molecule has 3 aromatic carbocycles. The first-order valence-corrected chi connectivity index (χ1v) is 12.2. The van der Waals surface area contributed by atoms with Gasteiger partial charge >= 0.3 is 5.97 Å². The number of nitrogens with one attached hydrogen (secondary N) is 1. The summed E-state index contributed by atoms with van der Waals surface area (Å²) in [6.45, 7) is 5.45. The lowest BCUT2D eigenvalue weighted by Crippen LogP contribution is -2.27. The molecular weight excluding hydrogens is 452 g/mol. The van der Waals surface area contributed by atoms with Crippen LogP contribution in [0.3, 0.4) is 0 Å². The number of esters is 1. The second-order valence-electron chi connectivity index (χ2n) is 8.20. The Morgan fingerprint density at radius 1 is 0.971 bits per heavy atom. The second-order valence-corrected chi connectivity index (χ2v) is 10.2. The quantitative estimate of drug-likeness (QED) is 0.470. The van der Waals surface area contributed by atoms with Crippen molar-refractivity contribution in [3.05, 3.63) is 89.5 Å². The number of sulfonamides is 1. The first-order valence-electron chi connectivity index (χ1n) is 10.8. The van der Waals surface area contributed by atoms with Crippen molar-refractivity contribution in [2.75, 3.05) is 23.3 Å². The Hall–Kier alpha value is -3.65. The zero-order chi connectivity index (χ0) is 24.9. The van der Waals surface area contributed by atoms with Crippen LogP contribution < -0.4 is 9.62 Å². The molecule has 34 heavy (non-hydrogen) atoms. The lowest BCUT2D eigenvalue weighted by atomic mass is 10.0. The van der Waals surface area contributed by atoms with Crippen LogP contribution in [0, 0.1) is 6.92 Å². The molecule has 0 aliphatic heterocycles. The van der Waals surface area contributed by atoms with E-state index in [9.17, 15) is 18.0 Å². The van der Waals surface area contributed by atoms with Crippen LogP contribution in [0.25, 0.3) is 0 Å². The number of anilines is 2. The van der Waals surface area contributed by atoms with E-state index in [2.05, 4.69) is 5.32 Å². The summed E-state index contributed by atoms with van der Waals surface area (Å²) in [4.78, 5) is 24.8. The summed E-state index contributed by atoms with van der Waals surface area (Å²) >= 11 is 0. The summed E-state index contributed by atoms with van der Waals surface area (Å²) in [5.41, 5.74) is 3.17. The van der Waals surface area contributed by atoms with E-state index in [1.165, 1.54) is 31.3 Å². The number of carbonyl (C=O) groups excluding carboxylic acids is 2. The minimum atomic E-state index is -3.90. The molecule has 7 nitrogen and oxygen atoms in total. The van der Waals surface area contributed by atoms with Crippen LogP contribution in [0.5, 0.6) is 0 Å². The largest absolute Gasteiger partial charge is 0.452 e. The van der Waals surface area contributed by atoms with Crippen molar-refractivity contribution in [2.45, 2.75) is 31.6 Å². The fourth-order valence-electron chi connectivity index (χ4n) is 3.35. The maximum Gasteiger partial charge on any atom is 0.338 e. The third kappa shape index (κ3) is 5.82. The highest BCUT2D eigenvalue weighted by Crippen LogP contribution is 2.24. The van der Waals surface area contributed by atoms with Gasteiger partial charge in [0.2, 0.25) is 0 Å². The molecule has 0 aliphatic rings. The van der Waals surface area contributed by atoms with Gasteiger partial charge in [0.1, 0.15) is 0 Å². The van der Waals surface area contributed by atoms with Crippen molar-refractivity contribution in [1.29, 1.82) is 0 Å². The van der Waals surface area contributed by atoms with Gasteiger partial charge in [-0.3, -0.25) is 9.10 Å². The van der Waals surface area contributed by atoms with Gasteiger partial charge < -0.3 is 10.1 Å². The lowest BCUT2D eigenvalue weighted by Gasteiger charge is -2.20. The Morgan fingerprint density at radius 2 is 1.65 bits per heavy atom. The number of rotatable bonds is 8. The smallest absolute Gasteiger partial charge is 0.338 e. The van der Waals surface area contributed by atoms with Crippen LogP contribution in [0.15, 0.2) is 77.7 Å². The SMILES string of the molecule is Cc1ccc(N(C)S(=O)(=O)c2cccc(C(=O)OCC(=O)Nc3ccccc3C(C)C)c2)cc1. The van der Waals surface area contributed by atoms with Gasteiger partial charge in [-0.1, -0.05) is 55.8 Å². The summed E-state index contributed by atoms with van der Waals surface area (Å²) < 4.78 is 32.4. The number of aryl methyl sites for hydroxylation is 1. The predicted octanol–water partition coefficient (Wildman–Crippen LogP) is 4.74. The molecular formula is C26H28N2O5S. The molecule has 0 bridgehead atoms. The van der Waals surface area contributed by atoms with Crippen molar-refractivity contribution < 1.29 is 22.7 Å². The van der Waals surface area contributed by atoms with Crippen molar-refractivity contribution in [3.63, 3.8) is 0 Å². The average Bonchev–Trinajstić information content (AvgIpc) is 2.82. The van der Waals surface area contributed by atoms with E-state index in [0.717, 1.165) is 15.4 Å². The molecule has 0 spiro atoms. The van der Waals surface area contributed by atoms with Gasteiger partial charge in [0.05, 0.1) is 16.1 Å². The molecule has 0 heterocycles. The standard InChI is InChI=1S/C26H28N2O5S/c1-18(2)23-10-5-6-11-24(23)27-25(29)17-33-26(30)20-8-7-9-22(16-20)34(31,32)28(4)21-14-12-19(3)13-15-21/h5-16,18H,17H2,1-4H3,(H,27,29). The van der Waals surface area contributed by atoms with Gasteiger partial charge in [0, 0.05) is 12.7 Å². The van der Waals surface area contributed by atoms with Gasteiger partial charge in [-0.05, 0) is 54.8 Å². The van der Waals surface area contributed by atoms with Gasteiger partial charge in [0.15, 0.2) is 6.61 Å². The molecule has 0 unspecified atom stereocenters. The molecule has 0 aromatic heterocycles. The Balaban J connectivity index is 1.69. The number of nitrogens with zero attached hydrogens (tertiary/aromatic N) is 1. The minimum absolute atomic E-state index is 0.0359. The number of hydrogen-bond acceptors (Lipinski definition) is 5. The summed E-state index contributed by atoms with van der Waals surface area (Å²) in [7, 11) is -2.45. The van der Waals surface area contributed by atoms with Crippen LogP contribution >= 0.6 is 0 Å². The highest BCUT2D eigenvalue weighted by Gasteiger charge is 2.23. The summed E-state index contributed by atoms with van der Waals surface area (Å²) in [5, 5.41) is 2.75. The van der Waals surface area contributed by atoms with E-state index in [1.54, 1.807) is 18.2 Å². The zero-order valence-electron chi connectivity index (χ0n) is 19.6. The Bertz CT molecular complexity index is 1280. The van der Waals surface area contributed by atoms with Gasteiger partial charge in [-0.15, -0.1) is 0 Å². The highest BCUT2D eigenvalue weighted by molar-refractivity contribution is 7.92. The van der Waals surface area contributed by atoms with E-state index in [-0.39, 0.29) is 16.4 Å². The lowest BCUT2D eigenvalue weighted by molar-refractivity contribution is -0.119. The summed E-state index contributed by atoms with van der Waals surface area (Å²) in [5.74, 6) is -1.06. The Labute approximate surface area is 200 Å². The Kier molecular flexibility index (Phi) is 7.73. The fourth-order valence-corrected chi connectivity index (χ4v) is 4.59. The summed E-state index contributed by atoms with van der Waals surface area (Å²) in [6.07, 6.45) is 0. The molecule has 8 heteroatoms. The molecule has 0 radical (unpaired) electrons. The predicted molar refractivity (Wildman–Crippen MR) is 133 cm³/mol. The van der Waals surface area contributed by atoms with Crippen molar-refractivity contribution in [2.24, 2.45) is 0 Å². The van der Waals surface area contributed by atoms with Crippen LogP contribution in [0.2, 0.25) is 0 Å². The third-order valence-electron chi connectivity index (χ3n) is 5.32. The molecule has 3 rings (SSSR count). The first-order chi connectivity index (χ1) is 16.1. The second kappa shape index (κ2) is 10.5. The number of para-hydroxylation sites is 1. The van der Waals surface area contributed by atoms with Gasteiger partial charge in [-0.2, -0.15) is 0 Å². The third-order valence-corrected chi connectivity index (χ3v) is 7.10. The van der Waals surface area contributed by atoms with Crippen molar-refractivity contribution in [3.8, 4) is 0 Å². The topological polar surface area (TPSA) is 92.8 Å². The molecule has 0 saturated heterocycles. The molecule has 0 fully saturated rings. The van der Waals surface area contributed by atoms with E-state index < -0.39 is 28.5 Å². The van der Waals surface area contributed by atoms with E-state index >= 15 is 0 Å². The van der Waals surface area contributed by atoms with Crippen LogP contribution in [-0.2, 0) is 19.6 Å². The Morgan fingerprint density at radius 3 is 2.32 bits per heavy atom. The van der Waals surface area contributed by atoms with E-state index in [0.29, 0.717) is 11.4 Å². The fraction of sp³-hybridized carbons (Fsp3) is 0.231. The van der Waals surface area contributed by atoms with Gasteiger partial charge in [-0.25, -0.2) is 13.2 Å². The molecule has 1 N–H and O–H groups in total. The maximum atomic E-state index is 13.1. The summed E-state index contributed by atoms with van der Waals surface area (Å²) in [6, 6.07) is 20.0. The highest BCUT2D eigenvalue weighted by atomic mass is 32.2. The number of hydrogen-bond donors (Lipinski definition) is 1. The normalized spacial score (nSPS) is 11.2. The van der Waals surface area contributed by atoms with Crippen LogP contribution in [0.4, 0.5) is 11.4 Å². The molecule has 178 valence electrons. The zero-order valence-corrected chi connectivity index (χ0v) is 20.4. The number of ether oxygens (including phenoxy) is 1. The molecule has 0 aliphatic carbocycles. The van der Waals surface area contributed by atoms with E-state index in [1.807, 2.05) is 51.1 Å². The molecule has 0 saturated carbocycles. The van der Waals surface area contributed by atoms with Crippen molar-refractivity contribution >= 4 is 33.3 Å². The average molecular weight is 481 g/mol. The monoisotopic (exact) mass is 480 g/mol. The minimum Gasteiger partial charge on any atom is -0.452 e. The van der Waals surface area contributed by atoms with Crippen LogP contribution in [-0.4, -0.2) is 33.9 Å². The number of benzene rings is 3. The van der Waals surface area contributed by atoms with Gasteiger partial charge in [0.25, 0.3) is 15.9 Å². The molecule has 0 atom stereocenters.